The molecule has 0 unspecified atom stereocenters. The Hall–Kier alpha value is -1.23. The first-order chi connectivity index (χ1) is 9.19. The van der Waals surface area contributed by atoms with E-state index >= 15 is 0 Å². The van der Waals surface area contributed by atoms with Crippen molar-refractivity contribution in [1.29, 1.82) is 0 Å². The van der Waals surface area contributed by atoms with Crippen molar-refractivity contribution in [3.8, 4) is 0 Å². The number of rotatable bonds is 3. The summed E-state index contributed by atoms with van der Waals surface area (Å²) in [5.41, 5.74) is 1.62. The molecule has 0 fully saturated rings. The van der Waals surface area contributed by atoms with Crippen LogP contribution in [0, 0.1) is 0 Å². The first-order valence-electron chi connectivity index (χ1n) is 5.48. The summed E-state index contributed by atoms with van der Waals surface area (Å²) < 4.78 is 7.04. The minimum Gasteiger partial charge on any atom is -0.359 e. The maximum Gasteiger partial charge on any atom is 0.156 e. The van der Waals surface area contributed by atoms with Crippen LogP contribution in [0.25, 0.3) is 11.0 Å². The number of nitrogens with zero attached hydrogens (tertiary/aromatic N) is 3. The third-order valence-electron chi connectivity index (χ3n) is 2.79. The Balaban J connectivity index is 2.17. The molecular weight excluding hydrogens is 309 g/mol. The summed E-state index contributed by atoms with van der Waals surface area (Å²) in [7, 11) is 0. The summed E-state index contributed by atoms with van der Waals surface area (Å²) in [6.45, 7) is 0.497. The lowest BCUT2D eigenvalue weighted by atomic mass is 10.3. The maximum atomic E-state index is 6.05. The lowest BCUT2D eigenvalue weighted by Gasteiger charge is -2.05. The summed E-state index contributed by atoms with van der Waals surface area (Å²) in [6.07, 6.45) is 1.60. The number of alkyl halides is 1. The number of fused-ring (bicyclic) bond motifs is 1. The predicted molar refractivity (Wildman–Crippen MR) is 74.9 cm³/mol. The summed E-state index contributed by atoms with van der Waals surface area (Å²) in [6, 6.07) is 5.30. The second-order valence-electron chi connectivity index (χ2n) is 3.98. The third kappa shape index (κ3) is 2.31. The highest BCUT2D eigenvalue weighted by Gasteiger charge is 2.13. The number of imidazole rings is 1. The standard InChI is InChI=1S/C12H8Cl3N3O/c13-5-12-17-10-3-8(14)9(15)4-11(10)18(12)6-7-1-2-16-19-7/h1-4H,5-6H2. The largest absolute Gasteiger partial charge is 0.359 e. The van der Waals surface area contributed by atoms with Gasteiger partial charge in [-0.25, -0.2) is 4.98 Å². The van der Waals surface area contributed by atoms with Gasteiger partial charge in [0.2, 0.25) is 0 Å². The molecule has 0 aliphatic heterocycles. The zero-order valence-electron chi connectivity index (χ0n) is 9.61. The molecule has 0 atom stereocenters. The summed E-state index contributed by atoms with van der Waals surface area (Å²) >= 11 is 18.0. The van der Waals surface area contributed by atoms with E-state index in [0.29, 0.717) is 16.6 Å². The smallest absolute Gasteiger partial charge is 0.156 e. The van der Waals surface area contributed by atoms with E-state index < -0.39 is 0 Å². The van der Waals surface area contributed by atoms with E-state index in [1.165, 1.54) is 0 Å². The highest BCUT2D eigenvalue weighted by atomic mass is 35.5. The van der Waals surface area contributed by atoms with E-state index in [1.807, 2.05) is 4.57 Å². The van der Waals surface area contributed by atoms with Gasteiger partial charge in [0.25, 0.3) is 0 Å². The molecule has 3 aromatic rings. The van der Waals surface area contributed by atoms with Gasteiger partial charge in [-0.05, 0) is 12.1 Å². The van der Waals surface area contributed by atoms with Crippen molar-refractivity contribution in [2.45, 2.75) is 12.4 Å². The molecule has 0 aliphatic carbocycles. The van der Waals surface area contributed by atoms with Gasteiger partial charge in [-0.3, -0.25) is 0 Å². The van der Waals surface area contributed by atoms with Crippen molar-refractivity contribution in [3.05, 3.63) is 46.0 Å². The molecule has 0 spiro atoms. The van der Waals surface area contributed by atoms with Gasteiger partial charge in [-0.1, -0.05) is 28.4 Å². The molecule has 2 heterocycles. The van der Waals surface area contributed by atoms with E-state index in [0.717, 1.165) is 22.6 Å². The molecule has 19 heavy (non-hydrogen) atoms. The molecule has 0 aliphatic rings. The van der Waals surface area contributed by atoms with E-state index in [2.05, 4.69) is 10.1 Å². The Bertz CT molecular complexity index is 721. The maximum absolute atomic E-state index is 6.05. The predicted octanol–water partition coefficient (Wildman–Crippen LogP) is 4.12. The number of halogens is 3. The summed E-state index contributed by atoms with van der Waals surface area (Å²) in [5, 5.41) is 4.63. The number of aromatic nitrogens is 3. The Morgan fingerprint density at radius 2 is 2.00 bits per heavy atom. The normalized spacial score (nSPS) is 11.3. The van der Waals surface area contributed by atoms with Crippen molar-refractivity contribution in [2.75, 3.05) is 0 Å². The lowest BCUT2D eigenvalue weighted by molar-refractivity contribution is 0.376. The van der Waals surface area contributed by atoms with Crippen LogP contribution in [-0.4, -0.2) is 14.7 Å². The van der Waals surface area contributed by atoms with Crippen LogP contribution >= 0.6 is 34.8 Å². The molecule has 0 saturated heterocycles. The fourth-order valence-corrected chi connectivity index (χ4v) is 2.45. The van der Waals surface area contributed by atoms with E-state index in [1.54, 1.807) is 24.4 Å². The van der Waals surface area contributed by atoms with Crippen LogP contribution in [0.3, 0.4) is 0 Å². The summed E-state index contributed by atoms with van der Waals surface area (Å²) in [4.78, 5) is 4.44. The van der Waals surface area contributed by atoms with Crippen LogP contribution < -0.4 is 0 Å². The zero-order chi connectivity index (χ0) is 13.4. The molecule has 3 rings (SSSR count). The van der Waals surface area contributed by atoms with Gasteiger partial charge < -0.3 is 9.09 Å². The van der Waals surface area contributed by atoms with Crippen LogP contribution in [0.15, 0.2) is 28.9 Å². The van der Waals surface area contributed by atoms with Gasteiger partial charge in [0, 0.05) is 6.07 Å². The van der Waals surface area contributed by atoms with E-state index in [4.69, 9.17) is 39.3 Å². The molecule has 0 radical (unpaired) electrons. The minimum atomic E-state index is 0.290. The molecule has 0 saturated carbocycles. The Kier molecular flexibility index (Phi) is 3.39. The molecule has 0 N–H and O–H groups in total. The van der Waals surface area contributed by atoms with Crippen molar-refractivity contribution in [3.63, 3.8) is 0 Å². The molecule has 0 amide bonds. The van der Waals surface area contributed by atoms with E-state index in [9.17, 15) is 0 Å². The van der Waals surface area contributed by atoms with Crippen LogP contribution in [0.5, 0.6) is 0 Å². The number of hydrogen-bond donors (Lipinski definition) is 0. The molecule has 4 nitrogen and oxygen atoms in total. The fourth-order valence-electron chi connectivity index (χ4n) is 1.93. The second-order valence-corrected chi connectivity index (χ2v) is 5.06. The first kappa shape index (κ1) is 12.8. The van der Waals surface area contributed by atoms with Crippen molar-refractivity contribution in [1.82, 2.24) is 14.7 Å². The van der Waals surface area contributed by atoms with Gasteiger partial charge in [-0.15, -0.1) is 11.6 Å². The average Bonchev–Trinajstić information content (AvgIpc) is 3.00. The van der Waals surface area contributed by atoms with Crippen molar-refractivity contribution in [2.24, 2.45) is 0 Å². The highest BCUT2D eigenvalue weighted by molar-refractivity contribution is 6.42. The fraction of sp³-hybridized carbons (Fsp3) is 0.167. The van der Waals surface area contributed by atoms with Gasteiger partial charge in [0.1, 0.15) is 5.82 Å². The average molecular weight is 317 g/mol. The second kappa shape index (κ2) is 5.04. The molecule has 0 bridgehead atoms. The van der Waals surface area contributed by atoms with Gasteiger partial charge in [0.15, 0.2) is 5.76 Å². The molecule has 1 aromatic carbocycles. The van der Waals surface area contributed by atoms with Crippen LogP contribution in [0.1, 0.15) is 11.6 Å². The quantitative estimate of drug-likeness (QED) is 0.683. The van der Waals surface area contributed by atoms with Crippen LogP contribution in [0.4, 0.5) is 0 Å². The van der Waals surface area contributed by atoms with E-state index in [-0.39, 0.29) is 5.88 Å². The van der Waals surface area contributed by atoms with Crippen molar-refractivity contribution >= 4 is 45.8 Å². The minimum absolute atomic E-state index is 0.290. The topological polar surface area (TPSA) is 43.9 Å². The lowest BCUT2D eigenvalue weighted by Crippen LogP contribution is -2.03. The van der Waals surface area contributed by atoms with Crippen LogP contribution in [0.2, 0.25) is 10.0 Å². The van der Waals surface area contributed by atoms with Gasteiger partial charge >= 0.3 is 0 Å². The van der Waals surface area contributed by atoms with Crippen molar-refractivity contribution < 1.29 is 4.52 Å². The first-order valence-corrected chi connectivity index (χ1v) is 6.78. The highest BCUT2D eigenvalue weighted by Crippen LogP contribution is 2.29. The Labute approximate surface area is 123 Å². The monoisotopic (exact) mass is 315 g/mol. The molecule has 2 aromatic heterocycles. The number of hydrogen-bond acceptors (Lipinski definition) is 3. The SMILES string of the molecule is ClCc1nc2cc(Cl)c(Cl)cc2n1Cc1ccno1. The third-order valence-corrected chi connectivity index (χ3v) is 3.76. The molecule has 98 valence electrons. The summed E-state index contributed by atoms with van der Waals surface area (Å²) in [5.74, 6) is 1.74. The Morgan fingerprint density at radius 1 is 1.21 bits per heavy atom. The number of benzene rings is 1. The zero-order valence-corrected chi connectivity index (χ0v) is 11.9. The van der Waals surface area contributed by atoms with Gasteiger partial charge in [-0.2, -0.15) is 0 Å². The molecular formula is C12H8Cl3N3O. The van der Waals surface area contributed by atoms with Gasteiger partial charge in [0.05, 0.1) is 39.7 Å². The molecule has 7 heteroatoms. The Morgan fingerprint density at radius 3 is 2.68 bits per heavy atom. The van der Waals surface area contributed by atoms with Crippen LogP contribution in [-0.2, 0) is 12.4 Å².